The van der Waals surface area contributed by atoms with Crippen molar-refractivity contribution in [2.75, 3.05) is 13.7 Å². The third kappa shape index (κ3) is 2.97. The molecule has 0 aliphatic heterocycles. The van der Waals surface area contributed by atoms with E-state index in [0.717, 1.165) is 12.8 Å². The lowest BCUT2D eigenvalue weighted by molar-refractivity contribution is 0.297. The van der Waals surface area contributed by atoms with Crippen LogP contribution in [0.3, 0.4) is 0 Å². The van der Waals surface area contributed by atoms with Crippen molar-refractivity contribution in [1.82, 2.24) is 9.97 Å². The van der Waals surface area contributed by atoms with E-state index in [2.05, 4.69) is 16.9 Å². The van der Waals surface area contributed by atoms with E-state index >= 15 is 0 Å². The molecule has 5 nitrogen and oxygen atoms in total. The minimum absolute atomic E-state index is 0.209. The van der Waals surface area contributed by atoms with Crippen molar-refractivity contribution in [3.05, 3.63) is 16.0 Å². The van der Waals surface area contributed by atoms with E-state index in [1.165, 1.54) is 7.11 Å². The van der Waals surface area contributed by atoms with E-state index in [0.29, 0.717) is 12.3 Å². The predicted molar refractivity (Wildman–Crippen MR) is 56.5 cm³/mol. The number of nitrogens with zero attached hydrogens (tertiary/aromatic N) is 1. The van der Waals surface area contributed by atoms with Crippen molar-refractivity contribution >= 4 is 0 Å². The maximum atomic E-state index is 11.5. The summed E-state index contributed by atoms with van der Waals surface area (Å²) in [5.41, 5.74) is 0.252. The Morgan fingerprint density at radius 1 is 1.47 bits per heavy atom. The van der Waals surface area contributed by atoms with Gasteiger partial charge in [0.25, 0.3) is 11.6 Å². The fourth-order valence-corrected chi connectivity index (χ4v) is 1.13. The van der Waals surface area contributed by atoms with Crippen LogP contribution in [0.15, 0.2) is 4.79 Å². The molecule has 0 aliphatic rings. The summed E-state index contributed by atoms with van der Waals surface area (Å²) < 4.78 is 10.2. The lowest BCUT2D eigenvalue weighted by Gasteiger charge is -2.07. The summed E-state index contributed by atoms with van der Waals surface area (Å²) in [6, 6.07) is 0.209. The molecule has 0 spiro atoms. The van der Waals surface area contributed by atoms with Crippen molar-refractivity contribution in [2.45, 2.75) is 26.7 Å². The smallest absolute Gasteiger partial charge is 0.296 e. The topological polar surface area (TPSA) is 64.2 Å². The molecule has 0 saturated carbocycles. The number of hydrogen-bond acceptors (Lipinski definition) is 4. The number of nitrogens with one attached hydrogen (secondary N) is 1. The summed E-state index contributed by atoms with van der Waals surface area (Å²) in [5, 5.41) is 0. The highest BCUT2D eigenvalue weighted by Crippen LogP contribution is 2.11. The van der Waals surface area contributed by atoms with Gasteiger partial charge in [-0.15, -0.1) is 0 Å². The Labute approximate surface area is 88.4 Å². The van der Waals surface area contributed by atoms with Gasteiger partial charge in [0.05, 0.1) is 19.4 Å². The van der Waals surface area contributed by atoms with Crippen molar-refractivity contribution in [3.8, 4) is 11.8 Å². The van der Waals surface area contributed by atoms with Crippen LogP contribution in [0, 0.1) is 6.92 Å². The Kier molecular flexibility index (Phi) is 4.15. The molecule has 1 heterocycles. The zero-order valence-corrected chi connectivity index (χ0v) is 9.29. The van der Waals surface area contributed by atoms with Crippen LogP contribution in [-0.2, 0) is 0 Å². The third-order valence-electron chi connectivity index (χ3n) is 1.96. The number of H-pyrrole nitrogens is 1. The van der Waals surface area contributed by atoms with E-state index in [1.54, 1.807) is 6.92 Å². The number of rotatable bonds is 5. The normalized spacial score (nSPS) is 10.1. The Hall–Kier alpha value is -1.52. The molecule has 5 heteroatoms. The Morgan fingerprint density at radius 3 is 2.73 bits per heavy atom. The molecule has 1 N–H and O–H groups in total. The summed E-state index contributed by atoms with van der Waals surface area (Å²) >= 11 is 0. The largest absolute Gasteiger partial charge is 0.486 e. The molecule has 0 radical (unpaired) electrons. The summed E-state index contributed by atoms with van der Waals surface area (Å²) in [6.07, 6.45) is 1.95. The second-order valence-corrected chi connectivity index (χ2v) is 3.19. The van der Waals surface area contributed by atoms with Gasteiger partial charge in [-0.1, -0.05) is 13.3 Å². The molecule has 84 valence electrons. The third-order valence-corrected chi connectivity index (χ3v) is 1.96. The lowest BCUT2D eigenvalue weighted by atomic mass is 10.3. The van der Waals surface area contributed by atoms with Gasteiger partial charge in [-0.05, 0) is 13.3 Å². The summed E-state index contributed by atoms with van der Waals surface area (Å²) in [6.45, 7) is 4.32. The number of aromatic amines is 1. The van der Waals surface area contributed by atoms with E-state index in [1.807, 2.05) is 0 Å². The fourth-order valence-electron chi connectivity index (χ4n) is 1.13. The molecule has 0 atom stereocenters. The summed E-state index contributed by atoms with van der Waals surface area (Å²) in [5.74, 6) is 0.282. The molecule has 1 rings (SSSR count). The van der Waals surface area contributed by atoms with Gasteiger partial charge in [-0.25, -0.2) is 0 Å². The predicted octanol–water partition coefficient (Wildman–Crippen LogP) is 1.27. The van der Waals surface area contributed by atoms with Crippen molar-refractivity contribution < 1.29 is 9.47 Å². The van der Waals surface area contributed by atoms with Gasteiger partial charge < -0.3 is 9.47 Å². The molecular formula is C10H16N2O3. The zero-order valence-electron chi connectivity index (χ0n) is 9.29. The van der Waals surface area contributed by atoms with Crippen LogP contribution in [0.1, 0.15) is 25.5 Å². The van der Waals surface area contributed by atoms with Crippen molar-refractivity contribution in [2.24, 2.45) is 0 Å². The monoisotopic (exact) mass is 212 g/mol. The number of hydrogen-bond donors (Lipinski definition) is 1. The Morgan fingerprint density at radius 2 is 2.20 bits per heavy atom. The fraction of sp³-hybridized carbons (Fsp3) is 0.600. The molecule has 0 saturated heterocycles. The molecule has 1 aromatic rings. The van der Waals surface area contributed by atoms with Gasteiger partial charge in [0.2, 0.25) is 5.75 Å². The van der Waals surface area contributed by atoms with Crippen LogP contribution in [0.2, 0.25) is 0 Å². The number of aryl methyl sites for hydroxylation is 1. The molecule has 0 amide bonds. The average Bonchev–Trinajstić information content (AvgIpc) is 2.22. The van der Waals surface area contributed by atoms with Gasteiger partial charge in [0.15, 0.2) is 0 Å². The van der Waals surface area contributed by atoms with Crippen molar-refractivity contribution in [3.63, 3.8) is 0 Å². The maximum absolute atomic E-state index is 11.5. The first-order valence-corrected chi connectivity index (χ1v) is 4.96. The highest BCUT2D eigenvalue weighted by atomic mass is 16.5. The second kappa shape index (κ2) is 5.38. The Bertz CT molecular complexity index is 373. The van der Waals surface area contributed by atoms with Crippen LogP contribution in [0.5, 0.6) is 11.8 Å². The second-order valence-electron chi connectivity index (χ2n) is 3.19. The number of unbranched alkanes of at least 4 members (excludes halogenated alkanes) is 1. The van der Waals surface area contributed by atoms with Gasteiger partial charge >= 0.3 is 0 Å². The first-order chi connectivity index (χ1) is 7.19. The molecule has 15 heavy (non-hydrogen) atoms. The molecule has 0 unspecified atom stereocenters. The van der Waals surface area contributed by atoms with Gasteiger partial charge in [-0.3, -0.25) is 9.78 Å². The van der Waals surface area contributed by atoms with E-state index in [4.69, 9.17) is 9.47 Å². The summed E-state index contributed by atoms with van der Waals surface area (Å²) in [7, 11) is 1.45. The number of aromatic nitrogens is 2. The first-order valence-electron chi connectivity index (χ1n) is 4.96. The highest BCUT2D eigenvalue weighted by molar-refractivity contribution is 5.24. The van der Waals surface area contributed by atoms with E-state index in [9.17, 15) is 4.79 Å². The SMILES string of the molecule is CCCCOc1c(C)nc(OC)[nH]c1=O. The van der Waals surface area contributed by atoms with E-state index < -0.39 is 0 Å². The average molecular weight is 212 g/mol. The number of methoxy groups -OCH3 is 1. The minimum Gasteiger partial charge on any atom is -0.486 e. The molecule has 1 aromatic heterocycles. The number of ether oxygens (including phenoxy) is 2. The quantitative estimate of drug-likeness (QED) is 0.746. The standard InChI is InChI=1S/C10H16N2O3/c1-4-5-6-15-8-7(2)11-10(14-3)12-9(8)13/h4-6H2,1-3H3,(H,11,12,13). The lowest BCUT2D eigenvalue weighted by Crippen LogP contribution is -2.16. The van der Waals surface area contributed by atoms with Crippen LogP contribution >= 0.6 is 0 Å². The molecule has 0 aromatic carbocycles. The molecule has 0 aliphatic carbocycles. The summed E-state index contributed by atoms with van der Waals surface area (Å²) in [4.78, 5) is 18.0. The van der Waals surface area contributed by atoms with Crippen LogP contribution < -0.4 is 15.0 Å². The molecule has 0 bridgehead atoms. The molecular weight excluding hydrogens is 196 g/mol. The molecule has 0 fully saturated rings. The van der Waals surface area contributed by atoms with Gasteiger partial charge in [0.1, 0.15) is 0 Å². The Balaban J connectivity index is 2.84. The van der Waals surface area contributed by atoms with Crippen LogP contribution in [0.25, 0.3) is 0 Å². The van der Waals surface area contributed by atoms with Crippen molar-refractivity contribution in [1.29, 1.82) is 0 Å². The van der Waals surface area contributed by atoms with Crippen LogP contribution in [-0.4, -0.2) is 23.7 Å². The van der Waals surface area contributed by atoms with Gasteiger partial charge in [0, 0.05) is 0 Å². The minimum atomic E-state index is -0.296. The zero-order chi connectivity index (χ0) is 11.3. The first kappa shape index (κ1) is 11.6. The highest BCUT2D eigenvalue weighted by Gasteiger charge is 2.08. The maximum Gasteiger partial charge on any atom is 0.296 e. The van der Waals surface area contributed by atoms with E-state index in [-0.39, 0.29) is 17.3 Å². The van der Waals surface area contributed by atoms with Crippen LogP contribution in [0.4, 0.5) is 0 Å². The van der Waals surface area contributed by atoms with Gasteiger partial charge in [-0.2, -0.15) is 4.98 Å².